The molecule has 0 spiro atoms. The molecular weight excluding hydrogens is 272 g/mol. The van der Waals surface area contributed by atoms with E-state index in [-0.39, 0.29) is 29.7 Å². The summed E-state index contributed by atoms with van der Waals surface area (Å²) in [6, 6.07) is 0. The largest absolute Gasteiger partial charge is 0.394 e. The zero-order valence-electron chi connectivity index (χ0n) is 11.8. The van der Waals surface area contributed by atoms with E-state index in [4.69, 9.17) is 0 Å². The molecule has 0 aliphatic rings. The lowest BCUT2D eigenvalue weighted by atomic mass is 10.5. The predicted molar refractivity (Wildman–Crippen MR) is 108 cm³/mol. The summed E-state index contributed by atoms with van der Waals surface area (Å²) in [5, 5.41) is 5.76. The summed E-state index contributed by atoms with van der Waals surface area (Å²) >= 11 is 0. The first kappa shape index (κ1) is 36.8. The molecule has 0 saturated heterocycles. The average Bonchev–Trinajstić information content (AvgIpc) is 2.39. The van der Waals surface area contributed by atoms with E-state index in [1.54, 1.807) is 0 Å². The topological polar surface area (TPSA) is 52.0 Å². The van der Waals surface area contributed by atoms with Crippen molar-refractivity contribution < 1.29 is 9.98 Å². The quantitative estimate of drug-likeness (QED) is 0.430. The molecule has 0 rings (SSSR count). The van der Waals surface area contributed by atoms with Crippen molar-refractivity contribution in [3.05, 3.63) is 48.9 Å². The lowest BCUT2D eigenvalue weighted by molar-refractivity contribution is -0.413. The molecule has 132 valence electrons. The third kappa shape index (κ3) is 52.2. The molecule has 0 unspecified atom stereocenters. The first-order valence-corrected chi connectivity index (χ1v) is 5.82. The van der Waals surface area contributed by atoms with Crippen molar-refractivity contribution in [2.45, 2.75) is 29.7 Å². The molecule has 0 aromatic heterocycles. The van der Waals surface area contributed by atoms with Crippen molar-refractivity contribution in [1.82, 2.24) is 10.6 Å². The van der Waals surface area contributed by atoms with Crippen molar-refractivity contribution in [2.75, 3.05) is 28.2 Å². The van der Waals surface area contributed by atoms with Crippen LogP contribution in [0.25, 0.3) is 0 Å². The first-order valence-electron chi connectivity index (χ1n) is 5.82. The number of nitrogens with one attached hydrogen (secondary N) is 4. The summed E-state index contributed by atoms with van der Waals surface area (Å²) in [5.41, 5.74) is 0. The van der Waals surface area contributed by atoms with Crippen LogP contribution in [0.15, 0.2) is 48.9 Å². The Bertz CT molecular complexity index is 279. The van der Waals surface area contributed by atoms with Gasteiger partial charge < -0.3 is 10.6 Å². The smallest absolute Gasteiger partial charge is 0.161 e. The van der Waals surface area contributed by atoms with Crippen LogP contribution >= 0.6 is 0 Å². The third-order valence-electron chi connectivity index (χ3n) is 1.50. The van der Waals surface area contributed by atoms with Gasteiger partial charge in [0.05, 0.1) is 0 Å². The second-order valence-electron chi connectivity index (χ2n) is 2.98. The molecule has 0 aliphatic carbocycles. The molecule has 0 aliphatic heterocycles. The molecule has 0 amide bonds. The fourth-order valence-electron chi connectivity index (χ4n) is 0.735. The summed E-state index contributed by atoms with van der Waals surface area (Å²) in [4.78, 5) is 5.76. The summed E-state index contributed by atoms with van der Waals surface area (Å²) in [6.45, 7) is 0. The van der Waals surface area contributed by atoms with Gasteiger partial charge in [-0.15, -0.1) is 0 Å². The van der Waals surface area contributed by atoms with Crippen molar-refractivity contribution in [2.24, 2.45) is 0 Å². The maximum absolute atomic E-state index is 2.88. The number of hydrogen-bond acceptors (Lipinski definition) is 2. The Labute approximate surface area is 140 Å². The van der Waals surface area contributed by atoms with Crippen molar-refractivity contribution in [3.8, 4) is 0 Å². The van der Waals surface area contributed by atoms with Gasteiger partial charge in [0.2, 0.25) is 0 Å². The summed E-state index contributed by atoms with van der Waals surface area (Å²) in [7, 11) is 7.47. The highest BCUT2D eigenvalue weighted by atomic mass is 14.8. The van der Waals surface area contributed by atoms with Crippen LogP contribution in [-0.2, 0) is 0 Å². The van der Waals surface area contributed by atoms with Gasteiger partial charge in [-0.2, -0.15) is 0 Å². The second-order valence-corrected chi connectivity index (χ2v) is 2.98. The minimum Gasteiger partial charge on any atom is -0.394 e. The predicted octanol–water partition coefficient (Wildman–Crippen LogP) is 0.658. The number of rotatable bonds is 6. The Morgan fingerprint density at radius 2 is 0.864 bits per heavy atom. The molecule has 4 nitrogen and oxygen atoms in total. The fourth-order valence-corrected chi connectivity index (χ4v) is 0.735. The van der Waals surface area contributed by atoms with Crippen LogP contribution in [-0.4, -0.2) is 40.6 Å². The summed E-state index contributed by atoms with van der Waals surface area (Å²) < 4.78 is 0. The van der Waals surface area contributed by atoms with Gasteiger partial charge in [0.1, 0.15) is 14.1 Å². The molecule has 0 saturated carbocycles. The Balaban J connectivity index is -0.0000000492. The van der Waals surface area contributed by atoms with Crippen LogP contribution in [0.5, 0.6) is 0 Å². The van der Waals surface area contributed by atoms with Gasteiger partial charge >= 0.3 is 0 Å². The van der Waals surface area contributed by atoms with Gasteiger partial charge in [0.25, 0.3) is 0 Å². The molecule has 0 fully saturated rings. The minimum atomic E-state index is 0. The van der Waals surface area contributed by atoms with E-state index in [1.165, 1.54) is 0 Å². The monoisotopic (exact) mass is 314 g/mol. The van der Waals surface area contributed by atoms with Crippen molar-refractivity contribution in [3.63, 3.8) is 0 Å². The molecular formula is C18H42N4+2. The number of allylic oxidation sites excluding steroid dienone is 6. The summed E-state index contributed by atoms with van der Waals surface area (Å²) in [6.07, 6.45) is 19.0. The van der Waals surface area contributed by atoms with Crippen LogP contribution in [0.3, 0.4) is 0 Å². The maximum atomic E-state index is 2.88. The first-order chi connectivity index (χ1) is 8.83. The van der Waals surface area contributed by atoms with Gasteiger partial charge in [0.15, 0.2) is 12.4 Å². The zero-order valence-corrected chi connectivity index (χ0v) is 11.8. The Kier molecular flexibility index (Phi) is 71.5. The molecule has 0 bridgehead atoms. The molecule has 0 heterocycles. The lowest BCUT2D eigenvalue weighted by Gasteiger charge is -1.77. The van der Waals surface area contributed by atoms with Gasteiger partial charge in [-0.1, -0.05) is 41.9 Å². The molecule has 0 aromatic carbocycles. The van der Waals surface area contributed by atoms with Gasteiger partial charge in [-0.3, -0.25) is 9.98 Å². The van der Waals surface area contributed by atoms with Crippen LogP contribution in [0.4, 0.5) is 0 Å². The minimum absolute atomic E-state index is 0. The molecule has 4 heteroatoms. The molecule has 22 heavy (non-hydrogen) atoms. The van der Waals surface area contributed by atoms with E-state index in [0.29, 0.717) is 0 Å². The molecule has 0 atom stereocenters. The van der Waals surface area contributed by atoms with E-state index < -0.39 is 0 Å². The van der Waals surface area contributed by atoms with E-state index in [9.17, 15) is 0 Å². The number of hydrogen-bond donors (Lipinski definition) is 4. The van der Waals surface area contributed by atoms with Crippen LogP contribution < -0.4 is 20.6 Å². The van der Waals surface area contributed by atoms with Gasteiger partial charge in [0, 0.05) is 26.2 Å². The normalized spacial score (nSPS) is 10.0. The fraction of sp³-hybridized carbons (Fsp3) is 0.444. The Morgan fingerprint density at radius 3 is 1.09 bits per heavy atom. The SMILES string of the molecule is C.C.C.C.CNC=CC=CC=[NH+]C.CNC=CC=CC=[NH+]C. The van der Waals surface area contributed by atoms with Crippen molar-refractivity contribution in [1.29, 1.82) is 0 Å². The molecule has 4 N–H and O–H groups in total. The highest BCUT2D eigenvalue weighted by Gasteiger charge is 1.63. The van der Waals surface area contributed by atoms with E-state index >= 15 is 0 Å². The second kappa shape index (κ2) is 42.8. The zero-order chi connectivity index (χ0) is 13.9. The highest BCUT2D eigenvalue weighted by molar-refractivity contribution is 5.65. The third-order valence-corrected chi connectivity index (χ3v) is 1.50. The average molecular weight is 315 g/mol. The lowest BCUT2D eigenvalue weighted by Crippen LogP contribution is -2.62. The van der Waals surface area contributed by atoms with Crippen molar-refractivity contribution >= 4 is 12.4 Å². The standard InChI is InChI=1S/2C7H12N2.4CH4/c2*1-8-6-4-3-5-7-9-2;;;;/h2*3-8H,1-2H3;4*1H4/p+2. The Morgan fingerprint density at radius 1 is 0.545 bits per heavy atom. The molecule has 0 aromatic rings. The highest BCUT2D eigenvalue weighted by Crippen LogP contribution is 1.68. The Hall–Kier alpha value is -2.10. The molecule has 0 radical (unpaired) electrons. The maximum Gasteiger partial charge on any atom is 0.161 e. The van der Waals surface area contributed by atoms with Crippen LogP contribution in [0.2, 0.25) is 0 Å². The van der Waals surface area contributed by atoms with E-state index in [2.05, 4.69) is 20.6 Å². The summed E-state index contributed by atoms with van der Waals surface area (Å²) in [5.74, 6) is 0. The van der Waals surface area contributed by atoms with Gasteiger partial charge in [-0.25, -0.2) is 0 Å². The van der Waals surface area contributed by atoms with E-state index in [0.717, 1.165) is 0 Å². The van der Waals surface area contributed by atoms with Crippen LogP contribution in [0, 0.1) is 0 Å². The van der Waals surface area contributed by atoms with Crippen LogP contribution in [0.1, 0.15) is 29.7 Å². The van der Waals surface area contributed by atoms with E-state index in [1.807, 2.05) is 89.5 Å². The van der Waals surface area contributed by atoms with Gasteiger partial charge in [-0.05, 0) is 24.6 Å².